The molecule has 0 radical (unpaired) electrons. The molecule has 6 aromatic rings. The van der Waals surface area contributed by atoms with Gasteiger partial charge < -0.3 is 21.3 Å². The highest BCUT2D eigenvalue weighted by atomic mass is 32.2. The van der Waals surface area contributed by atoms with Gasteiger partial charge in [-0.2, -0.15) is 19.4 Å². The molecule has 7 rings (SSSR count). The van der Waals surface area contributed by atoms with E-state index in [1.54, 1.807) is 29.1 Å². The van der Waals surface area contributed by atoms with Crippen molar-refractivity contribution in [2.24, 2.45) is 10.8 Å². The number of benzene rings is 2. The van der Waals surface area contributed by atoms with Crippen molar-refractivity contribution in [2.45, 2.75) is 22.8 Å². The van der Waals surface area contributed by atoms with Gasteiger partial charge in [0.15, 0.2) is 11.4 Å². The Balaban J connectivity index is 0.946. The van der Waals surface area contributed by atoms with Gasteiger partial charge in [0.05, 0.1) is 17.7 Å². The Bertz CT molecular complexity index is 2020. The quantitative estimate of drug-likeness (QED) is 0.147. The van der Waals surface area contributed by atoms with Crippen LogP contribution in [0.5, 0.6) is 0 Å². The zero-order chi connectivity index (χ0) is 29.5. The Morgan fingerprint density at radius 1 is 1.00 bits per heavy atom. The maximum atomic E-state index is 12.6. The van der Waals surface area contributed by atoms with E-state index in [2.05, 4.69) is 40.9 Å². The van der Waals surface area contributed by atoms with Gasteiger partial charge in [-0.15, -0.1) is 20.4 Å². The zero-order valence-electron chi connectivity index (χ0n) is 22.1. The van der Waals surface area contributed by atoms with E-state index in [1.165, 1.54) is 39.0 Å². The second kappa shape index (κ2) is 11.0. The number of nitrogens with one attached hydrogen (secondary N) is 1. The molecule has 1 aliphatic rings. The number of rotatable bonds is 10. The number of ketones is 1. The van der Waals surface area contributed by atoms with Crippen LogP contribution in [0.2, 0.25) is 0 Å². The molecule has 1 atom stereocenters. The van der Waals surface area contributed by atoms with Crippen molar-refractivity contribution in [3.05, 3.63) is 60.2 Å². The van der Waals surface area contributed by atoms with Gasteiger partial charge >= 0.3 is 0 Å². The second-order valence-electron chi connectivity index (χ2n) is 9.41. The van der Waals surface area contributed by atoms with Gasteiger partial charge in [0.25, 0.3) is 5.78 Å². The van der Waals surface area contributed by atoms with Gasteiger partial charge in [-0.25, -0.2) is 9.66 Å². The summed E-state index contributed by atoms with van der Waals surface area (Å²) in [6.07, 6.45) is 3.26. The number of nitrogens with zero attached hydrogens (tertiary/aromatic N) is 10. The fourth-order valence-corrected chi connectivity index (χ4v) is 5.74. The van der Waals surface area contributed by atoms with Gasteiger partial charge in [0, 0.05) is 17.7 Å². The van der Waals surface area contributed by atoms with Gasteiger partial charge in [0.1, 0.15) is 23.7 Å². The van der Waals surface area contributed by atoms with Crippen LogP contribution in [-0.4, -0.2) is 73.8 Å². The number of fused-ring (bicyclic) bond motifs is 3. The van der Waals surface area contributed by atoms with Gasteiger partial charge in [-0.3, -0.25) is 9.59 Å². The minimum atomic E-state index is -0.377. The number of nitrogens with two attached hydrogens (primary N) is 2. The molecule has 0 saturated carbocycles. The topological polar surface area (TPSA) is 215 Å². The van der Waals surface area contributed by atoms with E-state index < -0.39 is 0 Å². The predicted octanol–water partition coefficient (Wildman–Crippen LogP) is 1.52. The number of hydrogen-bond acceptors (Lipinski definition) is 14. The zero-order valence-corrected chi connectivity index (χ0v) is 23.7. The van der Waals surface area contributed by atoms with Crippen LogP contribution in [0.15, 0.2) is 68.6 Å². The maximum absolute atomic E-state index is 12.6. The van der Waals surface area contributed by atoms with Crippen LogP contribution in [0.3, 0.4) is 0 Å². The number of carbonyl (C=O) groups excluding carboxylic acids is 2. The molecular formula is C25H21N13O3S2. The van der Waals surface area contributed by atoms with E-state index >= 15 is 0 Å². The number of anilines is 1. The van der Waals surface area contributed by atoms with Crippen molar-refractivity contribution in [1.29, 1.82) is 0 Å². The number of nitrogen functional groups attached to an aromatic ring is 1. The molecule has 216 valence electrons. The molecule has 4 aromatic heterocycles. The lowest BCUT2D eigenvalue weighted by Gasteiger charge is -2.03. The summed E-state index contributed by atoms with van der Waals surface area (Å²) in [5, 5.41) is 28.1. The molecule has 5 heterocycles. The summed E-state index contributed by atoms with van der Waals surface area (Å²) >= 11 is 2.46. The fraction of sp³-hybridized carbons (Fsp3) is 0.160. The molecule has 0 saturated heterocycles. The van der Waals surface area contributed by atoms with Crippen molar-refractivity contribution in [3.63, 3.8) is 0 Å². The molecule has 16 nitrogen and oxygen atoms in total. The smallest absolute Gasteiger partial charge is 0.273 e. The lowest BCUT2D eigenvalue weighted by Crippen LogP contribution is -2.14. The first-order chi connectivity index (χ1) is 20.9. The van der Waals surface area contributed by atoms with E-state index in [4.69, 9.17) is 16.0 Å². The summed E-state index contributed by atoms with van der Waals surface area (Å²) < 4.78 is 10.2. The summed E-state index contributed by atoms with van der Waals surface area (Å²) in [4.78, 5) is 29.7. The lowest BCUT2D eigenvalue weighted by molar-refractivity contribution is -0.116. The number of aromatic nitrogens is 9. The van der Waals surface area contributed by atoms with Crippen LogP contribution in [0.25, 0.3) is 28.3 Å². The van der Waals surface area contributed by atoms with Crippen LogP contribution in [0.4, 0.5) is 5.69 Å². The summed E-state index contributed by atoms with van der Waals surface area (Å²) in [7, 11) is 0. The van der Waals surface area contributed by atoms with E-state index in [-0.39, 0.29) is 35.7 Å². The standard InChI is InChI=1S/C25H21N13O3S2/c26-17-9-28-37-21(17)32-34-24(37)42-10-16(39)7-13-1-3-14(4-2-13)22-31-18-8-15(5-6-19(18)41-22)30-20(40)11-43-25-35-33-23-36(27)12-29-38(23)25/h1-6,8-9,12,17H,7,10-11,26-27H2,(H,30,40). The molecule has 0 aliphatic carbocycles. The minimum Gasteiger partial charge on any atom is -0.436 e. The van der Waals surface area contributed by atoms with Crippen molar-refractivity contribution in [3.8, 4) is 11.5 Å². The molecule has 1 amide bonds. The molecule has 43 heavy (non-hydrogen) atoms. The molecule has 18 heteroatoms. The molecule has 0 bridgehead atoms. The molecule has 1 unspecified atom stereocenters. The third kappa shape index (κ3) is 5.33. The first kappa shape index (κ1) is 26.8. The fourth-order valence-electron chi connectivity index (χ4n) is 4.30. The molecular weight excluding hydrogens is 594 g/mol. The monoisotopic (exact) mass is 615 g/mol. The number of amides is 1. The van der Waals surface area contributed by atoms with E-state index in [9.17, 15) is 9.59 Å². The summed E-state index contributed by atoms with van der Waals surface area (Å²) in [5.41, 5.74) is 9.24. The van der Waals surface area contributed by atoms with Crippen LogP contribution < -0.4 is 16.9 Å². The highest BCUT2D eigenvalue weighted by molar-refractivity contribution is 8.00. The van der Waals surface area contributed by atoms with Crippen molar-refractivity contribution in [1.82, 2.24) is 44.3 Å². The number of thioether (sulfide) groups is 2. The van der Waals surface area contributed by atoms with Crippen LogP contribution >= 0.6 is 23.5 Å². The Labute approximate surface area is 249 Å². The minimum absolute atomic E-state index is 0.0391. The van der Waals surface area contributed by atoms with Crippen molar-refractivity contribution < 1.29 is 14.0 Å². The van der Waals surface area contributed by atoms with Gasteiger partial charge in [-0.05, 0) is 35.9 Å². The van der Waals surface area contributed by atoms with Gasteiger partial charge in [-0.1, -0.05) is 35.7 Å². The van der Waals surface area contributed by atoms with Gasteiger partial charge in [0.2, 0.25) is 22.1 Å². The van der Waals surface area contributed by atoms with E-state index in [0.29, 0.717) is 44.6 Å². The number of carbonyl (C=O) groups is 2. The third-order valence-electron chi connectivity index (χ3n) is 6.36. The molecule has 0 spiro atoms. The second-order valence-corrected chi connectivity index (χ2v) is 11.3. The Hall–Kier alpha value is -5.07. The lowest BCUT2D eigenvalue weighted by atomic mass is 10.1. The predicted molar refractivity (Wildman–Crippen MR) is 158 cm³/mol. The molecule has 5 N–H and O–H groups in total. The summed E-state index contributed by atoms with van der Waals surface area (Å²) in [6, 6.07) is 12.3. The van der Waals surface area contributed by atoms with Crippen LogP contribution in [0.1, 0.15) is 17.4 Å². The highest BCUT2D eigenvalue weighted by Crippen LogP contribution is 2.27. The Morgan fingerprint density at radius 2 is 1.81 bits per heavy atom. The SMILES string of the molecule is NC1C=Nn2c(SCC(=O)Cc3ccc(-c4nc5cc(NC(=O)CSc6nnc7n(N)cnn67)ccc5o4)cc3)nnc21. The third-order valence-corrected chi connectivity index (χ3v) is 8.26. The average Bonchev–Trinajstić information content (AvgIpc) is 3.82. The van der Waals surface area contributed by atoms with Crippen molar-refractivity contribution >= 4 is 64.0 Å². The molecule has 0 fully saturated rings. The number of Topliss-reactive ketones (excluding diaryl/α,β-unsaturated/α-hetero) is 1. The Kier molecular flexibility index (Phi) is 6.84. The largest absolute Gasteiger partial charge is 0.436 e. The molecule has 2 aromatic carbocycles. The summed E-state index contributed by atoms with van der Waals surface area (Å²) in [6.45, 7) is 0. The number of oxazole rings is 1. The van der Waals surface area contributed by atoms with E-state index in [0.717, 1.165) is 11.1 Å². The normalized spacial score (nSPS) is 14.1. The first-order valence-corrected chi connectivity index (χ1v) is 14.7. The Morgan fingerprint density at radius 3 is 2.67 bits per heavy atom. The van der Waals surface area contributed by atoms with Crippen molar-refractivity contribution in [2.75, 3.05) is 22.7 Å². The molecule has 1 aliphatic heterocycles. The maximum Gasteiger partial charge on any atom is 0.273 e. The highest BCUT2D eigenvalue weighted by Gasteiger charge is 2.22. The first-order valence-electron chi connectivity index (χ1n) is 12.8. The van der Waals surface area contributed by atoms with E-state index in [1.807, 2.05) is 24.3 Å². The van der Waals surface area contributed by atoms with Crippen LogP contribution in [0, 0.1) is 0 Å². The van der Waals surface area contributed by atoms with Crippen LogP contribution in [-0.2, 0) is 16.0 Å². The number of hydrogen-bond donors (Lipinski definition) is 3. The average molecular weight is 616 g/mol. The summed E-state index contributed by atoms with van der Waals surface area (Å²) in [5.74, 6) is 7.20.